The van der Waals surface area contributed by atoms with Gasteiger partial charge in [-0.15, -0.1) is 11.3 Å². The summed E-state index contributed by atoms with van der Waals surface area (Å²) >= 11 is 1.44. The van der Waals surface area contributed by atoms with Gasteiger partial charge >= 0.3 is 0 Å². The molecule has 1 amide bonds. The number of hydrogen-bond donors (Lipinski definition) is 0. The Hall–Kier alpha value is -2.66. The van der Waals surface area contributed by atoms with Gasteiger partial charge in [-0.2, -0.15) is 0 Å². The lowest BCUT2D eigenvalue weighted by atomic mass is 10.1. The van der Waals surface area contributed by atoms with Gasteiger partial charge in [-0.25, -0.2) is 4.98 Å². The van der Waals surface area contributed by atoms with Crippen LogP contribution in [0, 0.1) is 13.8 Å². The van der Waals surface area contributed by atoms with Crippen LogP contribution in [0.15, 0.2) is 48.5 Å². The van der Waals surface area contributed by atoms with Crippen LogP contribution in [0.4, 0.5) is 0 Å². The first-order valence-electron chi connectivity index (χ1n) is 8.41. The van der Waals surface area contributed by atoms with Gasteiger partial charge in [0.25, 0.3) is 5.91 Å². The van der Waals surface area contributed by atoms with Crippen LogP contribution >= 0.6 is 11.3 Å². The molecule has 0 fully saturated rings. The molecule has 0 atom stereocenters. The highest BCUT2D eigenvalue weighted by Gasteiger charge is 2.22. The molecular formula is C21H22N2O2S. The van der Waals surface area contributed by atoms with E-state index in [0.717, 1.165) is 33.1 Å². The van der Waals surface area contributed by atoms with E-state index in [1.807, 2.05) is 63.4 Å². The van der Waals surface area contributed by atoms with E-state index in [1.54, 1.807) is 12.0 Å². The van der Waals surface area contributed by atoms with Crippen molar-refractivity contribution in [3.05, 3.63) is 69.5 Å². The number of carbonyl (C=O) groups excluding carboxylic acids is 1. The van der Waals surface area contributed by atoms with Gasteiger partial charge in [-0.1, -0.05) is 48.0 Å². The molecule has 0 aliphatic carbocycles. The molecule has 134 valence electrons. The average Bonchev–Trinajstić information content (AvgIpc) is 3.03. The number of nitrogens with zero attached hydrogens (tertiary/aromatic N) is 2. The second-order valence-electron chi connectivity index (χ2n) is 6.25. The summed E-state index contributed by atoms with van der Waals surface area (Å²) in [6.07, 6.45) is 0. The minimum Gasteiger partial charge on any atom is -0.496 e. The van der Waals surface area contributed by atoms with Crippen molar-refractivity contribution >= 4 is 17.2 Å². The number of hydrogen-bond acceptors (Lipinski definition) is 4. The minimum absolute atomic E-state index is 0.0296. The molecule has 2 aromatic carbocycles. The number of aromatic nitrogens is 1. The maximum Gasteiger partial charge on any atom is 0.266 e. The van der Waals surface area contributed by atoms with Crippen LogP contribution in [0.25, 0.3) is 11.3 Å². The Morgan fingerprint density at radius 3 is 2.58 bits per heavy atom. The monoisotopic (exact) mass is 366 g/mol. The van der Waals surface area contributed by atoms with Gasteiger partial charge in [0.05, 0.1) is 17.8 Å². The first-order valence-corrected chi connectivity index (χ1v) is 9.23. The summed E-state index contributed by atoms with van der Waals surface area (Å²) in [4.78, 5) is 20.1. The van der Waals surface area contributed by atoms with Crippen molar-refractivity contribution < 1.29 is 9.53 Å². The summed E-state index contributed by atoms with van der Waals surface area (Å²) in [5, 5.41) is 0.883. The Labute approximate surface area is 158 Å². The van der Waals surface area contributed by atoms with Crippen molar-refractivity contribution in [1.82, 2.24) is 9.88 Å². The van der Waals surface area contributed by atoms with Crippen LogP contribution < -0.4 is 4.74 Å². The first kappa shape index (κ1) is 18.1. The first-order chi connectivity index (χ1) is 12.5. The summed E-state index contributed by atoms with van der Waals surface area (Å²) < 4.78 is 5.44. The number of benzene rings is 2. The van der Waals surface area contributed by atoms with E-state index < -0.39 is 0 Å². The van der Waals surface area contributed by atoms with Crippen molar-refractivity contribution in [2.24, 2.45) is 0 Å². The lowest BCUT2D eigenvalue weighted by molar-refractivity contribution is 0.0789. The zero-order valence-electron chi connectivity index (χ0n) is 15.4. The topological polar surface area (TPSA) is 42.4 Å². The molecule has 0 radical (unpaired) electrons. The molecule has 0 spiro atoms. The fourth-order valence-corrected chi connectivity index (χ4v) is 3.83. The van der Waals surface area contributed by atoms with Crippen molar-refractivity contribution in [3.8, 4) is 17.0 Å². The Bertz CT molecular complexity index is 919. The third kappa shape index (κ3) is 3.78. The molecule has 0 unspecified atom stereocenters. The number of rotatable bonds is 5. The van der Waals surface area contributed by atoms with Crippen molar-refractivity contribution in [2.45, 2.75) is 20.4 Å². The van der Waals surface area contributed by atoms with Gasteiger partial charge in [0, 0.05) is 24.7 Å². The highest BCUT2D eigenvalue weighted by atomic mass is 32.1. The molecule has 4 nitrogen and oxygen atoms in total. The second-order valence-corrected chi connectivity index (χ2v) is 7.46. The molecule has 0 aliphatic heterocycles. The van der Waals surface area contributed by atoms with E-state index >= 15 is 0 Å². The van der Waals surface area contributed by atoms with Gasteiger partial charge in [-0.3, -0.25) is 4.79 Å². The van der Waals surface area contributed by atoms with Crippen molar-refractivity contribution in [3.63, 3.8) is 0 Å². The standard InChI is InChI=1S/C21H22N2O2S/c1-14-10-11-18(25-4)17(12-14)13-23(3)21(24)20-19(22-15(2)26-20)16-8-6-5-7-9-16/h5-12H,13H2,1-4H3. The maximum absolute atomic E-state index is 13.1. The Morgan fingerprint density at radius 1 is 1.15 bits per heavy atom. The van der Waals surface area contributed by atoms with Gasteiger partial charge in [-0.05, 0) is 19.9 Å². The van der Waals surface area contributed by atoms with E-state index in [1.165, 1.54) is 11.3 Å². The smallest absolute Gasteiger partial charge is 0.266 e. The van der Waals surface area contributed by atoms with E-state index in [4.69, 9.17) is 4.74 Å². The SMILES string of the molecule is COc1ccc(C)cc1CN(C)C(=O)c1sc(C)nc1-c1ccccc1. The summed E-state index contributed by atoms with van der Waals surface area (Å²) in [5.74, 6) is 0.761. The lowest BCUT2D eigenvalue weighted by Gasteiger charge is -2.19. The summed E-state index contributed by atoms with van der Waals surface area (Å²) in [7, 11) is 3.46. The Balaban J connectivity index is 1.90. The molecule has 0 N–H and O–H groups in total. The fraction of sp³-hybridized carbons (Fsp3) is 0.238. The molecule has 1 aromatic heterocycles. The number of ether oxygens (including phenoxy) is 1. The highest BCUT2D eigenvalue weighted by Crippen LogP contribution is 2.30. The highest BCUT2D eigenvalue weighted by molar-refractivity contribution is 7.14. The van der Waals surface area contributed by atoms with E-state index in [9.17, 15) is 4.79 Å². The van der Waals surface area contributed by atoms with Crippen LogP contribution in [-0.4, -0.2) is 29.9 Å². The number of carbonyl (C=O) groups is 1. The Kier molecular flexibility index (Phi) is 5.38. The second kappa shape index (κ2) is 7.70. The molecule has 5 heteroatoms. The van der Waals surface area contributed by atoms with Crippen molar-refractivity contribution in [2.75, 3.05) is 14.2 Å². The quantitative estimate of drug-likeness (QED) is 0.657. The number of amides is 1. The normalized spacial score (nSPS) is 10.6. The molecule has 0 saturated carbocycles. The van der Waals surface area contributed by atoms with E-state index in [-0.39, 0.29) is 5.91 Å². The third-order valence-corrected chi connectivity index (χ3v) is 5.12. The van der Waals surface area contributed by atoms with Gasteiger partial charge < -0.3 is 9.64 Å². The van der Waals surface area contributed by atoms with Gasteiger partial charge in [0.1, 0.15) is 10.6 Å². The molecule has 0 aliphatic rings. The molecule has 3 aromatic rings. The van der Waals surface area contributed by atoms with Crippen LogP contribution in [0.2, 0.25) is 0 Å². The summed E-state index contributed by atoms with van der Waals surface area (Å²) in [5.41, 5.74) is 3.84. The number of methoxy groups -OCH3 is 1. The predicted molar refractivity (Wildman–Crippen MR) is 106 cm³/mol. The van der Waals surface area contributed by atoms with E-state index in [0.29, 0.717) is 11.4 Å². The zero-order valence-corrected chi connectivity index (χ0v) is 16.3. The largest absolute Gasteiger partial charge is 0.496 e. The van der Waals surface area contributed by atoms with Gasteiger partial charge in [0.2, 0.25) is 0 Å². The fourth-order valence-electron chi connectivity index (χ4n) is 2.90. The van der Waals surface area contributed by atoms with Crippen LogP contribution in [-0.2, 0) is 6.54 Å². The predicted octanol–water partition coefficient (Wildman–Crippen LogP) is 4.71. The van der Waals surface area contributed by atoms with Crippen LogP contribution in [0.3, 0.4) is 0 Å². The zero-order chi connectivity index (χ0) is 18.7. The number of thiazole rings is 1. The third-order valence-electron chi connectivity index (χ3n) is 4.17. The molecular weight excluding hydrogens is 344 g/mol. The molecule has 26 heavy (non-hydrogen) atoms. The minimum atomic E-state index is -0.0296. The van der Waals surface area contributed by atoms with Crippen LogP contribution in [0.1, 0.15) is 25.8 Å². The molecule has 1 heterocycles. The molecule has 0 saturated heterocycles. The maximum atomic E-state index is 13.1. The summed E-state index contributed by atoms with van der Waals surface area (Å²) in [6, 6.07) is 15.8. The van der Waals surface area contributed by atoms with Crippen molar-refractivity contribution in [1.29, 1.82) is 0 Å². The van der Waals surface area contributed by atoms with Crippen LogP contribution in [0.5, 0.6) is 5.75 Å². The number of aryl methyl sites for hydroxylation is 2. The van der Waals surface area contributed by atoms with Gasteiger partial charge in [0.15, 0.2) is 0 Å². The molecule has 0 bridgehead atoms. The van der Waals surface area contributed by atoms with E-state index in [2.05, 4.69) is 11.1 Å². The Morgan fingerprint density at radius 2 is 1.88 bits per heavy atom. The average molecular weight is 366 g/mol. The summed E-state index contributed by atoms with van der Waals surface area (Å²) in [6.45, 7) is 4.44. The molecule has 3 rings (SSSR count). The lowest BCUT2D eigenvalue weighted by Crippen LogP contribution is -2.26.